The lowest BCUT2D eigenvalue weighted by Crippen LogP contribution is -2.18. The number of carbonyl (C=O) groups excluding carboxylic acids is 2. The lowest BCUT2D eigenvalue weighted by atomic mass is 10.1. The smallest absolute Gasteiger partial charge is 0.338 e. The normalized spacial score (nSPS) is 9.53. The largest absolute Gasteiger partial charge is 0.465 e. The van der Waals surface area contributed by atoms with Crippen molar-refractivity contribution < 1.29 is 18.7 Å². The van der Waals surface area contributed by atoms with E-state index in [9.17, 15) is 14.0 Å². The molecule has 0 aliphatic rings. The van der Waals surface area contributed by atoms with Gasteiger partial charge < -0.3 is 4.74 Å². The number of ether oxygens (including phenoxy) is 1. The van der Waals surface area contributed by atoms with Crippen molar-refractivity contribution in [1.82, 2.24) is 4.72 Å². The first kappa shape index (κ1) is 11.5. The van der Waals surface area contributed by atoms with Gasteiger partial charge in [-0.1, -0.05) is 12.8 Å². The number of carbonyl (C=O) groups is 2. The summed E-state index contributed by atoms with van der Waals surface area (Å²) in [5.74, 6) is -1.99. The van der Waals surface area contributed by atoms with Gasteiger partial charge in [-0.15, -0.1) is 0 Å². The maximum Gasteiger partial charge on any atom is 0.338 e. The van der Waals surface area contributed by atoms with Gasteiger partial charge >= 0.3 is 5.97 Å². The topological polar surface area (TPSA) is 55.4 Å². The molecule has 0 aromatic heterocycles. The fourth-order valence-corrected chi connectivity index (χ4v) is 1.17. The van der Waals surface area contributed by atoms with Crippen LogP contribution in [0, 0.1) is 5.82 Å². The van der Waals surface area contributed by atoms with Crippen molar-refractivity contribution in [2.45, 2.75) is 0 Å². The monoisotopic (exact) mass is 229 g/mol. The van der Waals surface area contributed by atoms with E-state index in [4.69, 9.17) is 0 Å². The quantitative estimate of drug-likeness (QED) is 0.591. The summed E-state index contributed by atoms with van der Waals surface area (Å²) in [5, 5.41) is 0. The van der Waals surface area contributed by atoms with Gasteiger partial charge in [-0.3, -0.25) is 9.52 Å². The van der Waals surface area contributed by atoms with Crippen LogP contribution >= 0.6 is 12.8 Å². The van der Waals surface area contributed by atoms with Crippen LogP contribution in [0.1, 0.15) is 20.7 Å². The molecule has 0 aliphatic heterocycles. The second kappa shape index (κ2) is 4.79. The van der Waals surface area contributed by atoms with Crippen molar-refractivity contribution in [3.63, 3.8) is 0 Å². The average molecular weight is 229 g/mol. The minimum atomic E-state index is -0.707. The number of thiol groups is 1. The molecule has 0 spiro atoms. The van der Waals surface area contributed by atoms with E-state index in [1.165, 1.54) is 13.2 Å². The van der Waals surface area contributed by atoms with E-state index in [0.717, 1.165) is 12.1 Å². The van der Waals surface area contributed by atoms with E-state index < -0.39 is 17.7 Å². The molecule has 0 aliphatic carbocycles. The van der Waals surface area contributed by atoms with Gasteiger partial charge in [0.15, 0.2) is 0 Å². The SMILES string of the molecule is COC(=O)c1ccc(F)cc1C(=O)NS. The van der Waals surface area contributed by atoms with Crippen molar-refractivity contribution in [1.29, 1.82) is 0 Å². The third-order valence-corrected chi connectivity index (χ3v) is 1.94. The Labute approximate surface area is 91.0 Å². The molecule has 0 radical (unpaired) electrons. The molecule has 0 bridgehead atoms. The lowest BCUT2D eigenvalue weighted by Gasteiger charge is -2.05. The molecule has 6 heteroatoms. The molecule has 1 rings (SSSR count). The number of hydrogen-bond donors (Lipinski definition) is 2. The zero-order valence-electron chi connectivity index (χ0n) is 7.78. The molecule has 0 unspecified atom stereocenters. The number of halogens is 1. The summed E-state index contributed by atoms with van der Waals surface area (Å²) >= 11 is 3.53. The Morgan fingerprint density at radius 2 is 2.07 bits per heavy atom. The summed E-state index contributed by atoms with van der Waals surface area (Å²) in [6, 6.07) is 3.19. The predicted octanol–water partition coefficient (Wildman–Crippen LogP) is 1.19. The van der Waals surface area contributed by atoms with Gasteiger partial charge in [0.25, 0.3) is 5.91 Å². The van der Waals surface area contributed by atoms with Crippen LogP contribution in [0.2, 0.25) is 0 Å². The van der Waals surface area contributed by atoms with Crippen LogP contribution in [0.25, 0.3) is 0 Å². The van der Waals surface area contributed by atoms with E-state index in [2.05, 4.69) is 17.6 Å². The third-order valence-electron chi connectivity index (χ3n) is 1.73. The number of esters is 1. The summed E-state index contributed by atoms with van der Waals surface area (Å²) in [4.78, 5) is 22.5. The van der Waals surface area contributed by atoms with Crippen LogP contribution in [0.15, 0.2) is 18.2 Å². The van der Waals surface area contributed by atoms with E-state index in [0.29, 0.717) is 0 Å². The fraction of sp³-hybridized carbons (Fsp3) is 0.111. The van der Waals surface area contributed by atoms with Crippen molar-refractivity contribution in [2.24, 2.45) is 0 Å². The van der Waals surface area contributed by atoms with Gasteiger partial charge in [0, 0.05) is 0 Å². The average Bonchev–Trinajstić information content (AvgIpc) is 2.26. The molecule has 1 aromatic rings. The summed E-state index contributed by atoms with van der Waals surface area (Å²) in [5.41, 5.74) is -0.123. The van der Waals surface area contributed by atoms with E-state index in [1.54, 1.807) is 0 Å². The molecule has 0 atom stereocenters. The number of benzene rings is 1. The first-order chi connectivity index (χ1) is 7.10. The Hall–Kier alpha value is -1.56. The van der Waals surface area contributed by atoms with Crippen LogP contribution in [0.5, 0.6) is 0 Å². The van der Waals surface area contributed by atoms with Crippen molar-refractivity contribution in [2.75, 3.05) is 7.11 Å². The predicted molar refractivity (Wildman–Crippen MR) is 54.2 cm³/mol. The highest BCUT2D eigenvalue weighted by Gasteiger charge is 2.17. The minimum absolute atomic E-state index is 0.00884. The van der Waals surface area contributed by atoms with E-state index >= 15 is 0 Å². The number of methoxy groups -OCH3 is 1. The zero-order chi connectivity index (χ0) is 11.4. The van der Waals surface area contributed by atoms with Crippen LogP contribution in [0.3, 0.4) is 0 Å². The van der Waals surface area contributed by atoms with Crippen LogP contribution in [-0.4, -0.2) is 19.0 Å². The molecule has 15 heavy (non-hydrogen) atoms. The first-order valence-electron chi connectivity index (χ1n) is 3.92. The second-order valence-corrected chi connectivity index (χ2v) is 2.85. The Kier molecular flexibility index (Phi) is 3.68. The molecule has 1 N–H and O–H groups in total. The highest BCUT2D eigenvalue weighted by atomic mass is 32.1. The molecule has 4 nitrogen and oxygen atoms in total. The third kappa shape index (κ3) is 2.47. The van der Waals surface area contributed by atoms with Crippen LogP contribution < -0.4 is 4.72 Å². The number of rotatable bonds is 2. The van der Waals surface area contributed by atoms with Gasteiger partial charge in [0.2, 0.25) is 0 Å². The van der Waals surface area contributed by atoms with Crippen molar-refractivity contribution >= 4 is 24.7 Å². The molecule has 1 amide bonds. The second-order valence-electron chi connectivity index (χ2n) is 2.62. The highest BCUT2D eigenvalue weighted by molar-refractivity contribution is 7.78. The standard InChI is InChI=1S/C9H8FNO3S/c1-14-9(13)6-3-2-5(10)4-7(6)8(12)11-15/h2-4,15H,1H3,(H,11,12). The molecule has 80 valence electrons. The number of hydrogen-bond acceptors (Lipinski definition) is 4. The fourth-order valence-electron chi connectivity index (χ4n) is 1.05. The Bertz CT molecular complexity index is 408. The first-order valence-corrected chi connectivity index (χ1v) is 4.37. The van der Waals surface area contributed by atoms with E-state index in [-0.39, 0.29) is 11.1 Å². The van der Waals surface area contributed by atoms with Gasteiger partial charge in [-0.2, -0.15) is 0 Å². The molecule has 0 heterocycles. The Balaban J connectivity index is 3.26. The molecule has 0 saturated carbocycles. The number of nitrogens with one attached hydrogen (secondary N) is 1. The maximum absolute atomic E-state index is 12.9. The highest BCUT2D eigenvalue weighted by Crippen LogP contribution is 2.12. The summed E-state index contributed by atoms with van der Waals surface area (Å²) in [6.45, 7) is 0. The molecule has 0 saturated heterocycles. The summed E-state index contributed by atoms with van der Waals surface area (Å²) in [6.07, 6.45) is 0. The molecular weight excluding hydrogens is 221 g/mol. The molecule has 0 fully saturated rings. The van der Waals surface area contributed by atoms with E-state index in [1.807, 2.05) is 4.72 Å². The number of amides is 1. The Morgan fingerprint density at radius 3 is 2.60 bits per heavy atom. The van der Waals surface area contributed by atoms with Gasteiger partial charge in [-0.05, 0) is 18.2 Å². The van der Waals surface area contributed by atoms with Crippen LogP contribution in [-0.2, 0) is 4.74 Å². The van der Waals surface area contributed by atoms with Gasteiger partial charge in [0.1, 0.15) is 5.82 Å². The summed E-state index contributed by atoms with van der Waals surface area (Å²) in [7, 11) is 1.17. The lowest BCUT2D eigenvalue weighted by molar-refractivity contribution is 0.0596. The zero-order valence-corrected chi connectivity index (χ0v) is 8.68. The van der Waals surface area contributed by atoms with Crippen molar-refractivity contribution in [3.05, 3.63) is 35.1 Å². The van der Waals surface area contributed by atoms with Crippen molar-refractivity contribution in [3.8, 4) is 0 Å². The maximum atomic E-state index is 12.9. The molecular formula is C9H8FNO3S. The van der Waals surface area contributed by atoms with Gasteiger partial charge in [0.05, 0.1) is 18.2 Å². The molecule has 1 aromatic carbocycles. The van der Waals surface area contributed by atoms with Gasteiger partial charge in [-0.25, -0.2) is 9.18 Å². The Morgan fingerprint density at radius 1 is 1.40 bits per heavy atom. The minimum Gasteiger partial charge on any atom is -0.465 e. The summed E-state index contributed by atoms with van der Waals surface area (Å²) < 4.78 is 19.3. The van der Waals surface area contributed by atoms with Crippen LogP contribution in [0.4, 0.5) is 4.39 Å².